The molecule has 4 rings (SSSR count). The van der Waals surface area contributed by atoms with Crippen molar-refractivity contribution in [1.29, 1.82) is 0 Å². The van der Waals surface area contributed by atoms with E-state index in [0.29, 0.717) is 66.3 Å². The summed E-state index contributed by atoms with van der Waals surface area (Å²) in [5, 5.41) is 6.83. The molecule has 2 heterocycles. The summed E-state index contributed by atoms with van der Waals surface area (Å²) in [7, 11) is 3.22. The van der Waals surface area contributed by atoms with Crippen molar-refractivity contribution in [2.24, 2.45) is 0 Å². The molecule has 2 aromatic carbocycles. The predicted octanol–water partition coefficient (Wildman–Crippen LogP) is 3.65. The zero-order chi connectivity index (χ0) is 26.0. The van der Waals surface area contributed by atoms with Crippen molar-refractivity contribution in [3.8, 4) is 11.5 Å². The number of carbonyl (C=O) groups excluding carboxylic acids is 1. The van der Waals surface area contributed by atoms with Crippen LogP contribution in [0.5, 0.6) is 11.5 Å². The predicted molar refractivity (Wildman–Crippen MR) is 141 cm³/mol. The monoisotopic (exact) mass is 504 g/mol. The third-order valence-electron chi connectivity index (χ3n) is 5.24. The van der Waals surface area contributed by atoms with Crippen LogP contribution >= 0.6 is 0 Å². The van der Waals surface area contributed by atoms with Gasteiger partial charge in [-0.05, 0) is 36.4 Å². The maximum Gasteiger partial charge on any atom is 0.255 e. The number of amides is 1. The molecule has 0 atom stereocenters. The van der Waals surface area contributed by atoms with E-state index in [2.05, 4.69) is 25.6 Å². The van der Waals surface area contributed by atoms with E-state index >= 15 is 0 Å². The van der Waals surface area contributed by atoms with E-state index in [0.717, 1.165) is 11.1 Å². The van der Waals surface area contributed by atoms with Gasteiger partial charge in [-0.3, -0.25) is 4.79 Å². The molecule has 2 aromatic heterocycles. The van der Waals surface area contributed by atoms with E-state index in [1.54, 1.807) is 56.7 Å². The number of nitrogens with one attached hydrogen (secondary N) is 2. The average Bonchev–Trinajstić information content (AvgIpc) is 2.90. The Labute approximate surface area is 213 Å². The normalized spacial score (nSPS) is 10.8. The maximum atomic E-state index is 12.6. The van der Waals surface area contributed by atoms with Crippen LogP contribution in [0.1, 0.15) is 10.4 Å². The molecule has 0 fully saturated rings. The van der Waals surface area contributed by atoms with Crippen molar-refractivity contribution in [2.45, 2.75) is 0 Å². The molecule has 37 heavy (non-hydrogen) atoms. The fourth-order valence-corrected chi connectivity index (χ4v) is 3.43. The van der Waals surface area contributed by atoms with Crippen LogP contribution < -0.4 is 25.8 Å². The van der Waals surface area contributed by atoms with Crippen LogP contribution in [0.3, 0.4) is 0 Å². The number of hydrogen-bond donors (Lipinski definition) is 3. The number of fused-ring (bicyclic) bond motifs is 1. The third-order valence-corrected chi connectivity index (χ3v) is 5.24. The van der Waals surface area contributed by atoms with E-state index in [1.807, 2.05) is 6.07 Å². The summed E-state index contributed by atoms with van der Waals surface area (Å²) in [4.78, 5) is 25.3. The highest BCUT2D eigenvalue weighted by Gasteiger charge is 2.13. The molecule has 11 heteroatoms. The quantitative estimate of drug-likeness (QED) is 0.245. The third kappa shape index (κ3) is 6.81. The van der Waals surface area contributed by atoms with Gasteiger partial charge in [-0.2, -0.15) is 0 Å². The molecular weight excluding hydrogens is 476 g/mol. The molecule has 0 aliphatic carbocycles. The van der Waals surface area contributed by atoms with Crippen molar-refractivity contribution in [3.63, 3.8) is 0 Å². The smallest absolute Gasteiger partial charge is 0.255 e. The van der Waals surface area contributed by atoms with Gasteiger partial charge in [0.1, 0.15) is 31.2 Å². The number of hydrogen-bond acceptors (Lipinski definition) is 10. The molecule has 4 aromatic rings. The highest BCUT2D eigenvalue weighted by molar-refractivity contribution is 6.04. The Balaban J connectivity index is 1.53. The van der Waals surface area contributed by atoms with Crippen molar-refractivity contribution >= 4 is 39.8 Å². The standard InChI is InChI=1S/C26H28N6O5/c1-34-9-11-36-22-14-20-21(15-23(22)37-12-10-35-2)29-16-30-25(20)31-18-5-3-17(4-6-18)26(33)32-19-7-8-28-24(27)13-19/h3-8,13-16H,9-12H2,1-2H3,(H,29,30,31)(H3,27,28,32,33). The summed E-state index contributed by atoms with van der Waals surface area (Å²) in [5.41, 5.74) is 8.15. The molecular formula is C26H28N6O5. The Bertz CT molecular complexity index is 1350. The fourth-order valence-electron chi connectivity index (χ4n) is 3.43. The van der Waals surface area contributed by atoms with Crippen molar-refractivity contribution in [1.82, 2.24) is 15.0 Å². The lowest BCUT2D eigenvalue weighted by Crippen LogP contribution is -2.12. The van der Waals surface area contributed by atoms with Crippen molar-refractivity contribution in [3.05, 3.63) is 66.6 Å². The number of anilines is 4. The Morgan fingerprint density at radius 2 is 1.54 bits per heavy atom. The highest BCUT2D eigenvalue weighted by Crippen LogP contribution is 2.35. The lowest BCUT2D eigenvalue weighted by molar-refractivity contribution is 0.102. The minimum Gasteiger partial charge on any atom is -0.487 e. The van der Waals surface area contributed by atoms with Crippen LogP contribution in [-0.4, -0.2) is 61.5 Å². The van der Waals surface area contributed by atoms with Crippen molar-refractivity contribution in [2.75, 3.05) is 57.0 Å². The first-order chi connectivity index (χ1) is 18.1. The summed E-state index contributed by atoms with van der Waals surface area (Å²) >= 11 is 0. The molecule has 1 amide bonds. The summed E-state index contributed by atoms with van der Waals surface area (Å²) < 4.78 is 21.9. The van der Waals surface area contributed by atoms with Gasteiger partial charge in [-0.1, -0.05) is 0 Å². The van der Waals surface area contributed by atoms with Crippen LogP contribution in [0.25, 0.3) is 10.9 Å². The number of rotatable bonds is 12. The summed E-state index contributed by atoms with van der Waals surface area (Å²) in [6.45, 7) is 1.60. The lowest BCUT2D eigenvalue weighted by Gasteiger charge is -2.15. The first-order valence-electron chi connectivity index (χ1n) is 11.5. The summed E-state index contributed by atoms with van der Waals surface area (Å²) in [6, 6.07) is 13.9. The minimum absolute atomic E-state index is 0.261. The van der Waals surface area contributed by atoms with Gasteiger partial charge in [0.15, 0.2) is 11.5 Å². The van der Waals surface area contributed by atoms with E-state index in [9.17, 15) is 4.79 Å². The molecule has 0 saturated heterocycles. The van der Waals surface area contributed by atoms with Gasteiger partial charge in [0.05, 0.1) is 18.7 Å². The molecule has 0 saturated carbocycles. The number of methoxy groups -OCH3 is 2. The molecule has 192 valence electrons. The van der Waals surface area contributed by atoms with E-state index in [1.165, 1.54) is 12.5 Å². The SMILES string of the molecule is COCCOc1cc2ncnc(Nc3ccc(C(=O)Nc4ccnc(N)c4)cc3)c2cc1OCCOC. The molecule has 0 spiro atoms. The van der Waals surface area contributed by atoms with Gasteiger partial charge in [0.2, 0.25) is 0 Å². The van der Waals surface area contributed by atoms with Gasteiger partial charge in [0, 0.05) is 54.9 Å². The highest BCUT2D eigenvalue weighted by atomic mass is 16.5. The maximum absolute atomic E-state index is 12.6. The minimum atomic E-state index is -0.261. The number of ether oxygens (including phenoxy) is 4. The van der Waals surface area contributed by atoms with E-state index in [4.69, 9.17) is 24.7 Å². The second-order valence-corrected chi connectivity index (χ2v) is 7.85. The van der Waals surface area contributed by atoms with Gasteiger partial charge in [0.25, 0.3) is 5.91 Å². The van der Waals surface area contributed by atoms with E-state index in [-0.39, 0.29) is 5.91 Å². The van der Waals surface area contributed by atoms with Crippen LogP contribution in [-0.2, 0) is 9.47 Å². The number of nitrogen functional groups attached to an aromatic ring is 1. The van der Waals surface area contributed by atoms with Gasteiger partial charge < -0.3 is 35.3 Å². The molecule has 0 aliphatic heterocycles. The summed E-state index contributed by atoms with van der Waals surface area (Å²) in [5.74, 6) is 1.74. The Morgan fingerprint density at radius 3 is 2.22 bits per heavy atom. The second kappa shape index (κ2) is 12.5. The molecule has 0 bridgehead atoms. The number of benzene rings is 2. The fraction of sp³-hybridized carbons (Fsp3) is 0.231. The first-order valence-corrected chi connectivity index (χ1v) is 11.5. The molecule has 0 aliphatic rings. The lowest BCUT2D eigenvalue weighted by atomic mass is 10.1. The van der Waals surface area contributed by atoms with E-state index < -0.39 is 0 Å². The van der Waals surface area contributed by atoms with Crippen LogP contribution in [0.15, 0.2) is 61.1 Å². The largest absolute Gasteiger partial charge is 0.487 e. The topological polar surface area (TPSA) is 143 Å². The number of nitrogens with two attached hydrogens (primary N) is 1. The second-order valence-electron chi connectivity index (χ2n) is 7.85. The van der Waals surface area contributed by atoms with Crippen LogP contribution in [0.4, 0.5) is 23.0 Å². The van der Waals surface area contributed by atoms with Gasteiger partial charge >= 0.3 is 0 Å². The Hall–Kier alpha value is -4.48. The van der Waals surface area contributed by atoms with Gasteiger partial charge in [-0.15, -0.1) is 0 Å². The number of aromatic nitrogens is 3. The molecule has 0 radical (unpaired) electrons. The zero-order valence-corrected chi connectivity index (χ0v) is 20.6. The van der Waals surface area contributed by atoms with Gasteiger partial charge in [-0.25, -0.2) is 15.0 Å². The first kappa shape index (κ1) is 25.6. The molecule has 0 unspecified atom stereocenters. The summed E-state index contributed by atoms with van der Waals surface area (Å²) in [6.07, 6.45) is 3.00. The van der Waals surface area contributed by atoms with Crippen LogP contribution in [0.2, 0.25) is 0 Å². The molecule has 11 nitrogen and oxygen atoms in total. The van der Waals surface area contributed by atoms with Crippen molar-refractivity contribution < 1.29 is 23.7 Å². The Morgan fingerprint density at radius 1 is 0.838 bits per heavy atom. The zero-order valence-electron chi connectivity index (χ0n) is 20.6. The number of pyridine rings is 1. The Kier molecular flexibility index (Phi) is 8.63. The average molecular weight is 505 g/mol. The number of carbonyl (C=O) groups is 1. The molecule has 4 N–H and O–H groups in total. The number of nitrogens with zero attached hydrogens (tertiary/aromatic N) is 3. The van der Waals surface area contributed by atoms with Crippen LogP contribution in [0, 0.1) is 0 Å².